The van der Waals surface area contributed by atoms with Crippen LogP contribution in [-0.2, 0) is 0 Å². The highest BCUT2D eigenvalue weighted by molar-refractivity contribution is 14.1. The number of ether oxygens (including phenoxy) is 1. The monoisotopic (exact) mass is 305 g/mol. The van der Waals surface area contributed by atoms with E-state index in [0.717, 1.165) is 3.57 Å². The Morgan fingerprint density at radius 3 is 2.71 bits per heavy atom. The minimum absolute atomic E-state index is 0.00246. The summed E-state index contributed by atoms with van der Waals surface area (Å²) in [7, 11) is 0. The van der Waals surface area contributed by atoms with Crippen LogP contribution < -0.4 is 10.5 Å². The highest BCUT2D eigenvalue weighted by Crippen LogP contribution is 2.28. The first-order valence-electron chi connectivity index (χ1n) is 4.29. The molecule has 0 fully saturated rings. The minimum atomic E-state index is 0.00246. The van der Waals surface area contributed by atoms with Crippen LogP contribution in [-0.4, -0.2) is 12.4 Å². The normalized spacial score (nSPS) is 9.93. The van der Waals surface area contributed by atoms with Gasteiger partial charge in [-0.15, -0.1) is 0 Å². The van der Waals surface area contributed by atoms with E-state index in [4.69, 9.17) is 10.5 Å². The summed E-state index contributed by atoms with van der Waals surface area (Å²) in [5.41, 5.74) is 6.83. The van der Waals surface area contributed by atoms with Gasteiger partial charge in [-0.25, -0.2) is 0 Å². The fourth-order valence-electron chi connectivity index (χ4n) is 1.14. The molecule has 0 aliphatic heterocycles. The van der Waals surface area contributed by atoms with Crippen LogP contribution in [0.4, 0.5) is 5.69 Å². The fourth-order valence-corrected chi connectivity index (χ4v) is 1.98. The molecule has 14 heavy (non-hydrogen) atoms. The van der Waals surface area contributed by atoms with Gasteiger partial charge in [0.25, 0.3) is 0 Å². The van der Waals surface area contributed by atoms with E-state index >= 15 is 0 Å². The highest BCUT2D eigenvalue weighted by atomic mass is 127. The van der Waals surface area contributed by atoms with Gasteiger partial charge in [0.15, 0.2) is 5.78 Å². The Balaban J connectivity index is 3.24. The molecule has 76 valence electrons. The highest BCUT2D eigenvalue weighted by Gasteiger charge is 2.11. The molecule has 0 radical (unpaired) electrons. The molecular weight excluding hydrogens is 293 g/mol. The van der Waals surface area contributed by atoms with Gasteiger partial charge in [0.2, 0.25) is 0 Å². The molecule has 4 heteroatoms. The van der Waals surface area contributed by atoms with Crippen molar-refractivity contribution in [2.75, 3.05) is 12.3 Å². The first-order valence-corrected chi connectivity index (χ1v) is 5.37. The molecule has 0 aliphatic carbocycles. The van der Waals surface area contributed by atoms with Crippen molar-refractivity contribution in [3.05, 3.63) is 21.3 Å². The first kappa shape index (κ1) is 11.3. The number of ketones is 1. The maximum Gasteiger partial charge on any atom is 0.161 e. The summed E-state index contributed by atoms with van der Waals surface area (Å²) in [5, 5.41) is 0. The van der Waals surface area contributed by atoms with E-state index in [0.29, 0.717) is 23.6 Å². The average molecular weight is 305 g/mol. The molecule has 3 nitrogen and oxygen atoms in total. The minimum Gasteiger partial charge on any atom is -0.493 e. The van der Waals surface area contributed by atoms with Gasteiger partial charge in [-0.2, -0.15) is 0 Å². The largest absolute Gasteiger partial charge is 0.493 e. The lowest BCUT2D eigenvalue weighted by Crippen LogP contribution is -2.03. The van der Waals surface area contributed by atoms with Crippen LogP contribution in [0.2, 0.25) is 0 Å². The lowest BCUT2D eigenvalue weighted by atomic mass is 10.1. The molecule has 1 aromatic carbocycles. The maximum absolute atomic E-state index is 11.3. The number of Topliss-reactive ketones (excluding diaryl/α,β-unsaturated/α-hetero) is 1. The van der Waals surface area contributed by atoms with Gasteiger partial charge >= 0.3 is 0 Å². The summed E-state index contributed by atoms with van der Waals surface area (Å²) in [4.78, 5) is 11.3. The topological polar surface area (TPSA) is 52.3 Å². The standard InChI is InChI=1S/C10H12INO2/c1-3-14-9-5-7(12)4-8(6(2)13)10(9)11/h4-5H,3,12H2,1-2H3. The van der Waals surface area contributed by atoms with Gasteiger partial charge < -0.3 is 10.5 Å². The Labute approximate surface area is 96.8 Å². The van der Waals surface area contributed by atoms with Gasteiger partial charge in [-0.3, -0.25) is 4.79 Å². The second-order valence-electron chi connectivity index (χ2n) is 2.87. The van der Waals surface area contributed by atoms with Crippen LogP contribution >= 0.6 is 22.6 Å². The third-order valence-corrected chi connectivity index (χ3v) is 2.85. The zero-order valence-corrected chi connectivity index (χ0v) is 10.3. The second-order valence-corrected chi connectivity index (χ2v) is 3.95. The van der Waals surface area contributed by atoms with Crippen LogP contribution in [0.25, 0.3) is 0 Å². The molecular formula is C10H12INO2. The predicted octanol–water partition coefficient (Wildman–Crippen LogP) is 2.47. The summed E-state index contributed by atoms with van der Waals surface area (Å²) < 4.78 is 6.19. The third kappa shape index (κ3) is 2.37. The number of carbonyl (C=O) groups excluding carboxylic acids is 1. The summed E-state index contributed by atoms with van der Waals surface area (Å²) >= 11 is 2.09. The smallest absolute Gasteiger partial charge is 0.161 e. The molecule has 0 saturated carbocycles. The summed E-state index contributed by atoms with van der Waals surface area (Å²) in [5.74, 6) is 0.681. The van der Waals surface area contributed by atoms with Gasteiger partial charge in [0.1, 0.15) is 5.75 Å². The number of carbonyl (C=O) groups is 1. The Morgan fingerprint density at radius 1 is 1.57 bits per heavy atom. The molecule has 0 spiro atoms. The van der Waals surface area contributed by atoms with Crippen molar-refractivity contribution in [3.63, 3.8) is 0 Å². The number of hydrogen-bond donors (Lipinski definition) is 1. The number of benzene rings is 1. The van der Waals surface area contributed by atoms with E-state index in [2.05, 4.69) is 22.6 Å². The molecule has 1 aromatic rings. The number of nitrogens with two attached hydrogens (primary N) is 1. The molecule has 0 amide bonds. The van der Waals surface area contributed by atoms with Gasteiger partial charge in [0.05, 0.1) is 10.2 Å². The maximum atomic E-state index is 11.3. The van der Waals surface area contributed by atoms with E-state index in [-0.39, 0.29) is 5.78 Å². The molecule has 0 aliphatic rings. The first-order chi connectivity index (χ1) is 6.56. The molecule has 0 atom stereocenters. The number of hydrogen-bond acceptors (Lipinski definition) is 3. The van der Waals surface area contributed by atoms with Crippen LogP contribution in [0.5, 0.6) is 5.75 Å². The van der Waals surface area contributed by atoms with Gasteiger partial charge in [0, 0.05) is 17.3 Å². The molecule has 0 heterocycles. The number of rotatable bonds is 3. The number of anilines is 1. The van der Waals surface area contributed by atoms with Crippen LogP contribution in [0.3, 0.4) is 0 Å². The van der Waals surface area contributed by atoms with E-state index in [1.165, 1.54) is 6.92 Å². The summed E-state index contributed by atoms with van der Waals surface area (Å²) in [6.45, 7) is 3.98. The second kappa shape index (κ2) is 4.63. The van der Waals surface area contributed by atoms with E-state index in [1.54, 1.807) is 12.1 Å². The molecule has 0 saturated heterocycles. The lowest BCUT2D eigenvalue weighted by molar-refractivity contribution is 0.101. The zero-order valence-electron chi connectivity index (χ0n) is 8.13. The Bertz CT molecular complexity index is 363. The molecule has 0 unspecified atom stereocenters. The van der Waals surface area contributed by atoms with E-state index in [1.807, 2.05) is 6.92 Å². The van der Waals surface area contributed by atoms with E-state index < -0.39 is 0 Å². The Hall–Kier alpha value is -0.780. The van der Waals surface area contributed by atoms with Crippen molar-refractivity contribution in [2.45, 2.75) is 13.8 Å². The van der Waals surface area contributed by atoms with Crippen molar-refractivity contribution < 1.29 is 9.53 Å². The number of halogens is 1. The van der Waals surface area contributed by atoms with Gasteiger partial charge in [-0.1, -0.05) is 0 Å². The third-order valence-electron chi connectivity index (χ3n) is 1.74. The summed E-state index contributed by atoms with van der Waals surface area (Å²) in [6.07, 6.45) is 0. The van der Waals surface area contributed by atoms with Crippen molar-refractivity contribution in [1.29, 1.82) is 0 Å². The van der Waals surface area contributed by atoms with Gasteiger partial charge in [-0.05, 0) is 42.5 Å². The lowest BCUT2D eigenvalue weighted by Gasteiger charge is -2.09. The van der Waals surface area contributed by atoms with Crippen molar-refractivity contribution in [1.82, 2.24) is 0 Å². The van der Waals surface area contributed by atoms with Crippen molar-refractivity contribution in [3.8, 4) is 5.75 Å². The summed E-state index contributed by atoms with van der Waals surface area (Å²) in [6, 6.07) is 3.41. The molecule has 1 rings (SSSR count). The number of nitrogen functional groups attached to an aromatic ring is 1. The predicted molar refractivity (Wildman–Crippen MR) is 64.7 cm³/mol. The Morgan fingerprint density at radius 2 is 2.21 bits per heavy atom. The zero-order chi connectivity index (χ0) is 10.7. The van der Waals surface area contributed by atoms with E-state index in [9.17, 15) is 4.79 Å². The van der Waals surface area contributed by atoms with Crippen LogP contribution in [0.15, 0.2) is 12.1 Å². The molecule has 0 aromatic heterocycles. The Kier molecular flexibility index (Phi) is 3.74. The fraction of sp³-hybridized carbons (Fsp3) is 0.300. The quantitative estimate of drug-likeness (QED) is 0.530. The molecule has 0 bridgehead atoms. The van der Waals surface area contributed by atoms with Crippen molar-refractivity contribution in [2.24, 2.45) is 0 Å². The van der Waals surface area contributed by atoms with Crippen LogP contribution in [0.1, 0.15) is 24.2 Å². The van der Waals surface area contributed by atoms with Crippen molar-refractivity contribution >= 4 is 34.1 Å². The van der Waals surface area contributed by atoms with Crippen LogP contribution in [0, 0.1) is 3.57 Å². The average Bonchev–Trinajstić information content (AvgIpc) is 2.10. The SMILES string of the molecule is CCOc1cc(N)cc(C(C)=O)c1I. The molecule has 2 N–H and O–H groups in total.